The fourth-order valence-corrected chi connectivity index (χ4v) is 3.29. The molecule has 108 valence electrons. The number of amides is 1. The van der Waals surface area contributed by atoms with Gasteiger partial charge in [-0.2, -0.15) is 5.26 Å². The topological polar surface area (TPSA) is 90.9 Å². The van der Waals surface area contributed by atoms with Crippen molar-refractivity contribution in [2.45, 2.75) is 26.7 Å². The van der Waals surface area contributed by atoms with Gasteiger partial charge in [0.2, 0.25) is 0 Å². The van der Waals surface area contributed by atoms with Gasteiger partial charge in [-0.25, -0.2) is 0 Å². The summed E-state index contributed by atoms with van der Waals surface area (Å²) in [4.78, 5) is 12.3. The summed E-state index contributed by atoms with van der Waals surface area (Å²) in [7, 11) is 1.56. The van der Waals surface area contributed by atoms with Crippen molar-refractivity contribution in [3.63, 3.8) is 0 Å². The van der Waals surface area contributed by atoms with Gasteiger partial charge in [-0.05, 0) is 24.2 Å². The van der Waals surface area contributed by atoms with Crippen molar-refractivity contribution < 1.29 is 4.79 Å². The molecule has 6 heteroatoms. The van der Waals surface area contributed by atoms with Crippen LogP contribution in [0.3, 0.4) is 0 Å². The number of nitrogens with one attached hydrogen (secondary N) is 2. The van der Waals surface area contributed by atoms with Gasteiger partial charge < -0.3 is 16.4 Å². The molecule has 1 saturated carbocycles. The fourth-order valence-electron chi connectivity index (χ4n) is 2.38. The lowest BCUT2D eigenvalue weighted by molar-refractivity contribution is 0.0965. The Hall–Kier alpha value is -1.74. The molecule has 0 radical (unpaired) electrons. The molecule has 0 aromatic carbocycles. The monoisotopic (exact) mass is 292 g/mol. The predicted molar refractivity (Wildman–Crippen MR) is 81.8 cm³/mol. The van der Waals surface area contributed by atoms with E-state index in [4.69, 9.17) is 11.0 Å². The van der Waals surface area contributed by atoms with Crippen molar-refractivity contribution in [1.29, 1.82) is 5.26 Å². The van der Waals surface area contributed by atoms with Gasteiger partial charge in [0.25, 0.3) is 5.91 Å². The number of anilines is 2. The van der Waals surface area contributed by atoms with Crippen LogP contribution in [0.15, 0.2) is 0 Å². The molecule has 20 heavy (non-hydrogen) atoms. The summed E-state index contributed by atoms with van der Waals surface area (Å²) in [6.45, 7) is 5.26. The summed E-state index contributed by atoms with van der Waals surface area (Å²) < 4.78 is 0. The Labute approximate surface area is 123 Å². The number of nitrogens with two attached hydrogens (primary N) is 1. The number of hydrogen-bond acceptors (Lipinski definition) is 5. The van der Waals surface area contributed by atoms with Gasteiger partial charge in [0, 0.05) is 13.6 Å². The average Bonchev–Trinajstić information content (AvgIpc) is 3.15. The predicted octanol–water partition coefficient (Wildman–Crippen LogP) is 2.41. The van der Waals surface area contributed by atoms with Crippen LogP contribution in [0, 0.1) is 22.7 Å². The lowest BCUT2D eigenvalue weighted by Gasteiger charge is -2.20. The molecule has 1 aliphatic carbocycles. The number of nitrogens with zero attached hydrogens (tertiary/aromatic N) is 1. The molecule has 0 aliphatic heterocycles. The van der Waals surface area contributed by atoms with E-state index >= 15 is 0 Å². The summed E-state index contributed by atoms with van der Waals surface area (Å²) in [6.07, 6.45) is 2.41. The number of hydrogen-bond donors (Lipinski definition) is 3. The van der Waals surface area contributed by atoms with Crippen LogP contribution in [0.1, 0.15) is 41.9 Å². The summed E-state index contributed by atoms with van der Waals surface area (Å²) in [5, 5.41) is 15.7. The third-order valence-corrected chi connectivity index (χ3v) is 5.29. The van der Waals surface area contributed by atoms with E-state index in [9.17, 15) is 4.79 Å². The molecule has 1 amide bonds. The first-order valence-corrected chi connectivity index (χ1v) is 7.55. The van der Waals surface area contributed by atoms with E-state index in [0.29, 0.717) is 26.8 Å². The molecule has 0 bridgehead atoms. The Morgan fingerprint density at radius 3 is 2.65 bits per heavy atom. The summed E-state index contributed by atoms with van der Waals surface area (Å²) in [5.74, 6) is 0.350. The van der Waals surface area contributed by atoms with Crippen molar-refractivity contribution in [1.82, 2.24) is 5.32 Å². The highest BCUT2D eigenvalue weighted by molar-refractivity contribution is 7.17. The molecule has 0 unspecified atom stereocenters. The molecule has 1 heterocycles. The zero-order chi connectivity index (χ0) is 14.9. The van der Waals surface area contributed by atoms with Gasteiger partial charge in [-0.1, -0.05) is 13.8 Å². The smallest absolute Gasteiger partial charge is 0.256 e. The van der Waals surface area contributed by atoms with Crippen LogP contribution in [0.2, 0.25) is 0 Å². The van der Waals surface area contributed by atoms with E-state index in [0.717, 1.165) is 6.54 Å². The first kappa shape index (κ1) is 14.7. The maximum atomic E-state index is 11.9. The van der Waals surface area contributed by atoms with Gasteiger partial charge in [-0.3, -0.25) is 4.79 Å². The van der Waals surface area contributed by atoms with Crippen LogP contribution < -0.4 is 16.4 Å². The molecule has 2 rings (SSSR count). The number of carbonyl (C=O) groups is 1. The summed E-state index contributed by atoms with van der Waals surface area (Å²) in [5.41, 5.74) is 6.89. The number of rotatable bonds is 5. The Bertz CT molecular complexity index is 566. The molecule has 1 aliphatic rings. The summed E-state index contributed by atoms with van der Waals surface area (Å²) in [6, 6.07) is 2.04. The van der Waals surface area contributed by atoms with Crippen molar-refractivity contribution >= 4 is 27.9 Å². The van der Waals surface area contributed by atoms with Gasteiger partial charge >= 0.3 is 0 Å². The Kier molecular flexibility index (Phi) is 3.91. The standard InChI is InChI=1S/C14H20N4OS/c1-8(2)14(4-5-14)7-18-13-10(12(19)17-3)11(16)9(6-15)20-13/h8,18H,4-5,7,16H2,1-3H3,(H,17,19). The highest BCUT2D eigenvalue weighted by Gasteiger charge is 2.45. The van der Waals surface area contributed by atoms with Crippen LogP contribution in [0.4, 0.5) is 10.7 Å². The highest BCUT2D eigenvalue weighted by Crippen LogP contribution is 2.52. The van der Waals surface area contributed by atoms with E-state index in [1.807, 2.05) is 6.07 Å². The molecule has 4 N–H and O–H groups in total. The molecule has 0 atom stereocenters. The minimum Gasteiger partial charge on any atom is -0.396 e. The van der Waals surface area contributed by atoms with Crippen molar-refractivity contribution in [2.24, 2.45) is 11.3 Å². The zero-order valence-electron chi connectivity index (χ0n) is 12.0. The van der Waals surface area contributed by atoms with E-state index in [-0.39, 0.29) is 11.6 Å². The molecule has 5 nitrogen and oxygen atoms in total. The Balaban J connectivity index is 2.23. The van der Waals surface area contributed by atoms with E-state index < -0.39 is 0 Å². The third-order valence-electron chi connectivity index (χ3n) is 4.22. The number of nitriles is 1. The molecule has 1 aromatic heterocycles. The number of thiophene rings is 1. The second kappa shape index (κ2) is 5.33. The molecule has 0 spiro atoms. The fraction of sp³-hybridized carbons (Fsp3) is 0.571. The van der Waals surface area contributed by atoms with Gasteiger partial charge in [0.05, 0.1) is 11.3 Å². The van der Waals surface area contributed by atoms with Crippen LogP contribution in [-0.2, 0) is 0 Å². The maximum absolute atomic E-state index is 11.9. The SMILES string of the molecule is CNC(=O)c1c(NCC2(C(C)C)CC2)sc(C#N)c1N. The quantitative estimate of drug-likeness (QED) is 0.777. The minimum absolute atomic E-state index is 0.253. The molecular formula is C14H20N4OS. The Morgan fingerprint density at radius 1 is 1.55 bits per heavy atom. The van der Waals surface area contributed by atoms with E-state index in [1.165, 1.54) is 24.2 Å². The highest BCUT2D eigenvalue weighted by atomic mass is 32.1. The Morgan fingerprint density at radius 2 is 2.20 bits per heavy atom. The van der Waals surface area contributed by atoms with Gasteiger partial charge in [-0.15, -0.1) is 11.3 Å². The molecular weight excluding hydrogens is 272 g/mol. The van der Waals surface area contributed by atoms with Gasteiger partial charge in [0.15, 0.2) is 0 Å². The maximum Gasteiger partial charge on any atom is 0.256 e. The first-order valence-electron chi connectivity index (χ1n) is 6.73. The normalized spacial score (nSPS) is 15.8. The first-order chi connectivity index (χ1) is 9.45. The zero-order valence-corrected chi connectivity index (χ0v) is 12.9. The van der Waals surface area contributed by atoms with Crippen LogP contribution in [0.5, 0.6) is 0 Å². The van der Waals surface area contributed by atoms with Crippen molar-refractivity contribution in [2.75, 3.05) is 24.6 Å². The number of nitrogen functional groups attached to an aromatic ring is 1. The van der Waals surface area contributed by atoms with E-state index in [2.05, 4.69) is 24.5 Å². The second-order valence-electron chi connectivity index (χ2n) is 5.61. The number of carbonyl (C=O) groups excluding carboxylic acids is 1. The lowest BCUT2D eigenvalue weighted by Crippen LogP contribution is -2.23. The van der Waals surface area contributed by atoms with Crippen LogP contribution >= 0.6 is 11.3 Å². The van der Waals surface area contributed by atoms with Crippen molar-refractivity contribution in [3.05, 3.63) is 10.4 Å². The molecule has 0 saturated heterocycles. The second-order valence-corrected chi connectivity index (χ2v) is 6.63. The third kappa shape index (κ3) is 2.46. The minimum atomic E-state index is -0.253. The average molecular weight is 292 g/mol. The molecule has 1 fully saturated rings. The molecule has 1 aromatic rings. The van der Waals surface area contributed by atoms with Crippen LogP contribution in [-0.4, -0.2) is 19.5 Å². The van der Waals surface area contributed by atoms with Crippen LogP contribution in [0.25, 0.3) is 0 Å². The summed E-state index contributed by atoms with van der Waals surface area (Å²) >= 11 is 1.25. The lowest BCUT2D eigenvalue weighted by atomic mass is 9.92. The van der Waals surface area contributed by atoms with Crippen molar-refractivity contribution in [3.8, 4) is 6.07 Å². The van der Waals surface area contributed by atoms with E-state index in [1.54, 1.807) is 7.05 Å². The van der Waals surface area contributed by atoms with Gasteiger partial charge in [0.1, 0.15) is 15.9 Å². The largest absolute Gasteiger partial charge is 0.396 e.